The summed E-state index contributed by atoms with van der Waals surface area (Å²) in [6.07, 6.45) is 2.06. The van der Waals surface area contributed by atoms with Gasteiger partial charge in [0, 0.05) is 31.4 Å². The second kappa shape index (κ2) is 5.94. The maximum absolute atomic E-state index is 5.60. The molecule has 1 aromatic carbocycles. The molecule has 1 fully saturated rings. The summed E-state index contributed by atoms with van der Waals surface area (Å²) in [5.74, 6) is 0. The van der Waals surface area contributed by atoms with E-state index in [4.69, 9.17) is 9.57 Å². The normalized spacial score (nSPS) is 19.2. The Hall–Kier alpha value is -2.11. The Morgan fingerprint density at radius 1 is 1.09 bits per heavy atom. The lowest BCUT2D eigenvalue weighted by molar-refractivity contribution is 0.0212. The fraction of sp³-hybridized carbons (Fsp3) is 0.353. The number of para-hydroxylation sites is 1. The molecule has 0 radical (unpaired) electrons. The van der Waals surface area contributed by atoms with Gasteiger partial charge < -0.3 is 14.1 Å². The predicted octanol–water partition coefficient (Wildman–Crippen LogP) is 1.89. The highest BCUT2D eigenvalue weighted by molar-refractivity contribution is 6.17. The molecule has 3 heterocycles. The van der Waals surface area contributed by atoms with Crippen LogP contribution in [0.5, 0.6) is 0 Å². The summed E-state index contributed by atoms with van der Waals surface area (Å²) in [5.41, 5.74) is 4.30. The first-order valence-electron chi connectivity index (χ1n) is 7.71. The Bertz CT molecular complexity index is 687. The third-order valence-corrected chi connectivity index (χ3v) is 4.17. The molecule has 0 aliphatic carbocycles. The second-order valence-electron chi connectivity index (χ2n) is 5.51. The summed E-state index contributed by atoms with van der Waals surface area (Å²) in [7, 11) is 0. The van der Waals surface area contributed by atoms with Crippen molar-refractivity contribution in [2.45, 2.75) is 0 Å². The zero-order valence-electron chi connectivity index (χ0n) is 12.4. The fourth-order valence-electron chi connectivity index (χ4n) is 3.01. The van der Waals surface area contributed by atoms with Gasteiger partial charge in [0.05, 0.1) is 24.6 Å². The van der Waals surface area contributed by atoms with Crippen molar-refractivity contribution in [3.63, 3.8) is 0 Å². The minimum atomic E-state index is 0.604. The first-order chi connectivity index (χ1) is 10.9. The summed E-state index contributed by atoms with van der Waals surface area (Å²) in [6.45, 7) is 5.08. The molecule has 114 valence electrons. The number of benzene rings is 1. The summed E-state index contributed by atoms with van der Waals surface area (Å²) >= 11 is 0. The summed E-state index contributed by atoms with van der Waals surface area (Å²) in [6, 6.07) is 12.4. The topological polar surface area (TPSA) is 39.0 Å². The zero-order valence-corrected chi connectivity index (χ0v) is 12.4. The van der Waals surface area contributed by atoms with Gasteiger partial charge in [-0.25, -0.2) is 0 Å². The van der Waals surface area contributed by atoms with Crippen LogP contribution in [0.2, 0.25) is 0 Å². The van der Waals surface area contributed by atoms with Crippen molar-refractivity contribution in [2.24, 2.45) is 5.16 Å². The van der Waals surface area contributed by atoms with Gasteiger partial charge in [0.1, 0.15) is 12.3 Å². The molecule has 2 aliphatic heterocycles. The van der Waals surface area contributed by atoms with Crippen molar-refractivity contribution in [3.05, 3.63) is 53.9 Å². The van der Waals surface area contributed by atoms with E-state index in [1.807, 2.05) is 18.2 Å². The first-order valence-corrected chi connectivity index (χ1v) is 7.71. The van der Waals surface area contributed by atoms with Gasteiger partial charge in [-0.05, 0) is 18.2 Å². The summed E-state index contributed by atoms with van der Waals surface area (Å²) in [4.78, 5) is 7.94. The van der Waals surface area contributed by atoms with Crippen LogP contribution in [0.15, 0.2) is 47.8 Å². The molecule has 0 amide bonds. The molecule has 0 saturated carbocycles. The first kappa shape index (κ1) is 13.5. The maximum atomic E-state index is 5.60. The van der Waals surface area contributed by atoms with E-state index in [1.165, 1.54) is 0 Å². The maximum Gasteiger partial charge on any atom is 0.136 e. The van der Waals surface area contributed by atoms with E-state index in [1.54, 1.807) is 0 Å². The smallest absolute Gasteiger partial charge is 0.136 e. The van der Waals surface area contributed by atoms with E-state index in [9.17, 15) is 0 Å². The third kappa shape index (κ3) is 2.42. The molecule has 0 bridgehead atoms. The van der Waals surface area contributed by atoms with Crippen LogP contribution in [0.3, 0.4) is 0 Å². The monoisotopic (exact) mass is 297 g/mol. The number of nitrogens with zero attached hydrogens (tertiary/aromatic N) is 3. The molecule has 5 heteroatoms. The van der Waals surface area contributed by atoms with Gasteiger partial charge in [-0.1, -0.05) is 23.4 Å². The summed E-state index contributed by atoms with van der Waals surface area (Å²) < 4.78 is 7.50. The third-order valence-electron chi connectivity index (χ3n) is 4.17. The average Bonchev–Trinajstić information content (AvgIpc) is 3.15. The number of ether oxygens (including phenoxy) is 1. The van der Waals surface area contributed by atoms with Crippen molar-refractivity contribution >= 4 is 5.71 Å². The molecular weight excluding hydrogens is 278 g/mol. The van der Waals surface area contributed by atoms with Crippen LogP contribution in [-0.2, 0) is 9.57 Å². The lowest BCUT2D eigenvalue weighted by atomic mass is 10.1. The van der Waals surface area contributed by atoms with Gasteiger partial charge in [-0.2, -0.15) is 0 Å². The van der Waals surface area contributed by atoms with Gasteiger partial charge in [-0.15, -0.1) is 0 Å². The number of oxime groups is 1. The molecule has 4 rings (SSSR count). The van der Waals surface area contributed by atoms with E-state index < -0.39 is 0 Å². The van der Waals surface area contributed by atoms with Gasteiger partial charge in [0.15, 0.2) is 0 Å². The van der Waals surface area contributed by atoms with Crippen LogP contribution < -0.4 is 0 Å². The lowest BCUT2D eigenvalue weighted by Gasteiger charge is -2.25. The number of aromatic nitrogens is 1. The second-order valence-corrected chi connectivity index (χ2v) is 5.51. The van der Waals surface area contributed by atoms with E-state index in [0.717, 1.165) is 55.5 Å². The van der Waals surface area contributed by atoms with Crippen LogP contribution in [0.1, 0.15) is 11.3 Å². The highest BCUT2D eigenvalue weighted by Crippen LogP contribution is 2.28. The quantitative estimate of drug-likeness (QED) is 0.545. The molecule has 1 aromatic heterocycles. The summed E-state index contributed by atoms with van der Waals surface area (Å²) in [5, 5.41) is 4.40. The Labute approximate surface area is 129 Å². The van der Waals surface area contributed by atoms with Crippen molar-refractivity contribution < 1.29 is 9.57 Å². The SMILES string of the molecule is c1ccc2c(c1)C(=NOCCN1CCOCC1)c1cccn1-2. The Balaban J connectivity index is 1.46. The molecule has 0 unspecified atom stereocenters. The van der Waals surface area contributed by atoms with Gasteiger partial charge >= 0.3 is 0 Å². The number of fused-ring (bicyclic) bond motifs is 3. The molecule has 0 atom stereocenters. The molecule has 22 heavy (non-hydrogen) atoms. The Morgan fingerprint density at radius 2 is 1.95 bits per heavy atom. The van der Waals surface area contributed by atoms with Gasteiger partial charge in [0.2, 0.25) is 0 Å². The average molecular weight is 297 g/mol. The van der Waals surface area contributed by atoms with Crippen molar-refractivity contribution in [1.82, 2.24) is 9.47 Å². The standard InChI is InChI=1S/C17H19N3O2/c1-2-5-15-14(4-1)17(16-6-3-7-20(15)16)18-22-13-10-19-8-11-21-12-9-19/h1-7H,8-13H2. The van der Waals surface area contributed by atoms with Crippen molar-refractivity contribution in [3.8, 4) is 5.69 Å². The van der Waals surface area contributed by atoms with Crippen LogP contribution >= 0.6 is 0 Å². The van der Waals surface area contributed by atoms with E-state index >= 15 is 0 Å². The number of rotatable bonds is 4. The van der Waals surface area contributed by atoms with Crippen molar-refractivity contribution in [1.29, 1.82) is 0 Å². The zero-order chi connectivity index (χ0) is 14.8. The van der Waals surface area contributed by atoms with Crippen LogP contribution in [0, 0.1) is 0 Å². The van der Waals surface area contributed by atoms with Gasteiger partial charge in [-0.3, -0.25) is 4.90 Å². The lowest BCUT2D eigenvalue weighted by Crippen LogP contribution is -2.38. The molecule has 0 spiro atoms. The largest absolute Gasteiger partial charge is 0.394 e. The molecule has 5 nitrogen and oxygen atoms in total. The molecule has 2 aliphatic rings. The van der Waals surface area contributed by atoms with E-state index in [0.29, 0.717) is 6.61 Å². The van der Waals surface area contributed by atoms with Crippen LogP contribution in [0.25, 0.3) is 5.69 Å². The molecule has 1 saturated heterocycles. The highest BCUT2D eigenvalue weighted by Gasteiger charge is 2.24. The minimum Gasteiger partial charge on any atom is -0.394 e. The predicted molar refractivity (Wildman–Crippen MR) is 84.6 cm³/mol. The number of hydrogen-bond acceptors (Lipinski definition) is 4. The number of morpholine rings is 1. The van der Waals surface area contributed by atoms with Crippen LogP contribution in [0.4, 0.5) is 0 Å². The van der Waals surface area contributed by atoms with Crippen molar-refractivity contribution in [2.75, 3.05) is 39.5 Å². The highest BCUT2D eigenvalue weighted by atomic mass is 16.6. The van der Waals surface area contributed by atoms with Gasteiger partial charge in [0.25, 0.3) is 0 Å². The molecule has 2 aromatic rings. The minimum absolute atomic E-state index is 0.604. The van der Waals surface area contributed by atoms with E-state index in [-0.39, 0.29) is 0 Å². The van der Waals surface area contributed by atoms with Crippen LogP contribution in [-0.4, -0.2) is 54.6 Å². The Morgan fingerprint density at radius 3 is 2.86 bits per heavy atom. The number of hydrogen-bond donors (Lipinski definition) is 0. The molecule has 0 N–H and O–H groups in total. The fourth-order valence-corrected chi connectivity index (χ4v) is 3.01. The van der Waals surface area contributed by atoms with E-state index in [2.05, 4.69) is 39.0 Å². The Kier molecular flexibility index (Phi) is 3.66. The molecular formula is C17H19N3O2.